The van der Waals surface area contributed by atoms with Gasteiger partial charge in [-0.15, -0.1) is 11.3 Å². The average Bonchev–Trinajstić information content (AvgIpc) is 3.12. The van der Waals surface area contributed by atoms with E-state index in [0.29, 0.717) is 6.04 Å². The van der Waals surface area contributed by atoms with Crippen LogP contribution in [0.15, 0.2) is 18.5 Å². The lowest BCUT2D eigenvalue weighted by atomic mass is 9.82. The molecule has 1 spiro atoms. The van der Waals surface area contributed by atoms with Crippen molar-refractivity contribution in [3.8, 4) is 0 Å². The molecular formula is C16H20ClN3OS. The van der Waals surface area contributed by atoms with Gasteiger partial charge in [0.2, 0.25) is 0 Å². The second-order valence-electron chi connectivity index (χ2n) is 6.38. The fraction of sp³-hybridized carbons (Fsp3) is 0.562. The number of rotatable bonds is 2. The molecule has 1 fully saturated rings. The molecule has 6 heteroatoms. The molecule has 2 aromatic heterocycles. The molecule has 0 amide bonds. The van der Waals surface area contributed by atoms with Crippen LogP contribution in [0.1, 0.15) is 35.8 Å². The molecule has 2 aliphatic rings. The summed E-state index contributed by atoms with van der Waals surface area (Å²) in [5, 5.41) is 6.93. The minimum Gasteiger partial charge on any atom is -0.369 e. The van der Waals surface area contributed by atoms with Gasteiger partial charge in [0.25, 0.3) is 0 Å². The zero-order chi connectivity index (χ0) is 15.2. The monoisotopic (exact) mass is 337 g/mol. The number of fused-ring (bicyclic) bond motifs is 2. The Morgan fingerprint density at radius 1 is 1.59 bits per heavy atom. The van der Waals surface area contributed by atoms with E-state index in [-0.39, 0.29) is 5.60 Å². The van der Waals surface area contributed by atoms with Gasteiger partial charge in [0.15, 0.2) is 0 Å². The van der Waals surface area contributed by atoms with Crippen molar-refractivity contribution in [2.45, 2.75) is 44.4 Å². The number of halogens is 1. The molecule has 0 radical (unpaired) electrons. The predicted molar refractivity (Wildman–Crippen MR) is 88.4 cm³/mol. The molecule has 0 aliphatic carbocycles. The third-order valence-electron chi connectivity index (χ3n) is 4.93. The third kappa shape index (κ3) is 2.50. The molecule has 4 heterocycles. The van der Waals surface area contributed by atoms with Gasteiger partial charge in [-0.25, -0.2) is 0 Å². The Morgan fingerprint density at radius 2 is 2.50 bits per heavy atom. The SMILES string of the molecule is CC1CC2(CCN1Cc1cn[nH]c1)OCCc1cc(Cl)sc12. The summed E-state index contributed by atoms with van der Waals surface area (Å²) in [7, 11) is 0. The van der Waals surface area contributed by atoms with Crippen LogP contribution in [0.25, 0.3) is 0 Å². The van der Waals surface area contributed by atoms with Crippen molar-refractivity contribution in [1.29, 1.82) is 0 Å². The fourth-order valence-corrected chi connectivity index (χ4v) is 5.29. The molecule has 1 saturated heterocycles. The summed E-state index contributed by atoms with van der Waals surface area (Å²) >= 11 is 7.97. The third-order valence-corrected chi connectivity index (χ3v) is 6.43. The van der Waals surface area contributed by atoms with Crippen LogP contribution >= 0.6 is 22.9 Å². The van der Waals surface area contributed by atoms with E-state index >= 15 is 0 Å². The van der Waals surface area contributed by atoms with Crippen molar-refractivity contribution in [2.75, 3.05) is 13.2 Å². The van der Waals surface area contributed by atoms with Gasteiger partial charge in [-0.05, 0) is 37.8 Å². The number of thiophene rings is 1. The van der Waals surface area contributed by atoms with E-state index in [1.807, 2.05) is 12.4 Å². The Labute approximate surface area is 139 Å². The Morgan fingerprint density at radius 3 is 3.27 bits per heavy atom. The number of ether oxygens (including phenoxy) is 1. The lowest BCUT2D eigenvalue weighted by Gasteiger charge is -2.47. The van der Waals surface area contributed by atoms with Crippen molar-refractivity contribution < 1.29 is 4.74 Å². The van der Waals surface area contributed by atoms with Crippen LogP contribution in [0.2, 0.25) is 4.34 Å². The highest BCUT2D eigenvalue weighted by Gasteiger charge is 2.44. The Balaban J connectivity index is 1.55. The van der Waals surface area contributed by atoms with Gasteiger partial charge in [0.05, 0.1) is 17.1 Å². The van der Waals surface area contributed by atoms with Crippen LogP contribution in [-0.4, -0.2) is 34.3 Å². The number of nitrogens with zero attached hydrogens (tertiary/aromatic N) is 2. The van der Waals surface area contributed by atoms with Gasteiger partial charge < -0.3 is 4.74 Å². The van der Waals surface area contributed by atoms with Crippen LogP contribution in [0.5, 0.6) is 0 Å². The molecule has 2 unspecified atom stereocenters. The molecule has 2 atom stereocenters. The summed E-state index contributed by atoms with van der Waals surface area (Å²) in [5.74, 6) is 0. The summed E-state index contributed by atoms with van der Waals surface area (Å²) < 4.78 is 7.20. The highest BCUT2D eigenvalue weighted by atomic mass is 35.5. The van der Waals surface area contributed by atoms with E-state index < -0.39 is 0 Å². The van der Waals surface area contributed by atoms with E-state index in [0.717, 1.165) is 43.3 Å². The standard InChI is InChI=1S/C16H20ClN3OS/c1-11-7-16(3-4-20(11)10-12-8-18-19-9-12)15-13(2-5-21-16)6-14(17)22-15/h6,8-9,11H,2-5,7,10H2,1H3,(H,18,19). The number of hydrogen-bond donors (Lipinski definition) is 1. The second-order valence-corrected chi connectivity index (χ2v) is 8.06. The molecule has 4 rings (SSSR count). The number of aromatic amines is 1. The van der Waals surface area contributed by atoms with Crippen molar-refractivity contribution in [3.05, 3.63) is 38.8 Å². The van der Waals surface area contributed by atoms with Crippen LogP contribution in [0.4, 0.5) is 0 Å². The lowest BCUT2D eigenvalue weighted by Crippen LogP contribution is -2.49. The van der Waals surface area contributed by atoms with Gasteiger partial charge >= 0.3 is 0 Å². The summed E-state index contributed by atoms with van der Waals surface area (Å²) in [6.07, 6.45) is 6.96. The maximum atomic E-state index is 6.31. The fourth-order valence-electron chi connectivity index (χ4n) is 3.81. The van der Waals surface area contributed by atoms with E-state index in [4.69, 9.17) is 16.3 Å². The molecule has 0 bridgehead atoms. The van der Waals surface area contributed by atoms with E-state index in [1.165, 1.54) is 16.0 Å². The molecule has 2 aromatic rings. The van der Waals surface area contributed by atoms with Crippen molar-refractivity contribution in [2.24, 2.45) is 0 Å². The molecule has 4 nitrogen and oxygen atoms in total. The van der Waals surface area contributed by atoms with Crippen LogP contribution in [0, 0.1) is 0 Å². The van der Waals surface area contributed by atoms with Crippen LogP contribution in [0.3, 0.4) is 0 Å². The van der Waals surface area contributed by atoms with Crippen LogP contribution < -0.4 is 0 Å². The second kappa shape index (κ2) is 5.64. The largest absolute Gasteiger partial charge is 0.369 e. The Bertz CT molecular complexity index is 656. The zero-order valence-corrected chi connectivity index (χ0v) is 14.2. The number of H-pyrrole nitrogens is 1. The molecule has 118 valence electrons. The minimum absolute atomic E-state index is 0.113. The highest BCUT2D eigenvalue weighted by molar-refractivity contribution is 7.16. The highest BCUT2D eigenvalue weighted by Crippen LogP contribution is 2.47. The molecule has 0 aromatic carbocycles. The van der Waals surface area contributed by atoms with Gasteiger partial charge in [-0.3, -0.25) is 10.00 Å². The predicted octanol–water partition coefficient (Wildman–Crippen LogP) is 3.58. The normalized spacial score (nSPS) is 28.9. The van der Waals surface area contributed by atoms with Gasteiger partial charge in [0.1, 0.15) is 5.60 Å². The Hall–Kier alpha value is -0.880. The number of aromatic nitrogens is 2. The number of hydrogen-bond acceptors (Lipinski definition) is 4. The number of piperidine rings is 1. The first-order chi connectivity index (χ1) is 10.7. The van der Waals surface area contributed by atoms with E-state index in [1.54, 1.807) is 11.3 Å². The summed E-state index contributed by atoms with van der Waals surface area (Å²) in [6, 6.07) is 2.62. The lowest BCUT2D eigenvalue weighted by molar-refractivity contribution is -0.110. The summed E-state index contributed by atoms with van der Waals surface area (Å²) in [5.41, 5.74) is 2.53. The first-order valence-electron chi connectivity index (χ1n) is 7.81. The molecular weight excluding hydrogens is 318 g/mol. The zero-order valence-electron chi connectivity index (χ0n) is 12.6. The first-order valence-corrected chi connectivity index (χ1v) is 9.00. The summed E-state index contributed by atoms with van der Waals surface area (Å²) in [4.78, 5) is 3.89. The van der Waals surface area contributed by atoms with Crippen molar-refractivity contribution >= 4 is 22.9 Å². The maximum Gasteiger partial charge on any atom is 0.105 e. The summed E-state index contributed by atoms with van der Waals surface area (Å²) in [6.45, 7) is 5.11. The van der Waals surface area contributed by atoms with E-state index in [9.17, 15) is 0 Å². The van der Waals surface area contributed by atoms with E-state index in [2.05, 4.69) is 28.1 Å². The average molecular weight is 338 g/mol. The van der Waals surface area contributed by atoms with Gasteiger partial charge in [0, 0.05) is 35.8 Å². The Kier molecular flexibility index (Phi) is 3.77. The number of nitrogens with one attached hydrogen (secondary N) is 1. The van der Waals surface area contributed by atoms with Gasteiger partial charge in [-0.1, -0.05) is 11.6 Å². The quantitative estimate of drug-likeness (QED) is 0.910. The smallest absolute Gasteiger partial charge is 0.105 e. The topological polar surface area (TPSA) is 41.2 Å². The molecule has 2 aliphatic heterocycles. The molecule has 1 N–H and O–H groups in total. The molecule has 0 saturated carbocycles. The van der Waals surface area contributed by atoms with Crippen molar-refractivity contribution in [1.82, 2.24) is 15.1 Å². The molecule has 22 heavy (non-hydrogen) atoms. The first kappa shape index (κ1) is 14.7. The van der Waals surface area contributed by atoms with Crippen LogP contribution in [-0.2, 0) is 23.3 Å². The number of likely N-dealkylation sites (tertiary alicyclic amines) is 1. The minimum atomic E-state index is -0.113. The maximum absolute atomic E-state index is 6.31. The van der Waals surface area contributed by atoms with Gasteiger partial charge in [-0.2, -0.15) is 5.10 Å². The van der Waals surface area contributed by atoms with Crippen molar-refractivity contribution in [3.63, 3.8) is 0 Å².